The van der Waals surface area contributed by atoms with E-state index in [0.717, 1.165) is 161 Å². The molecule has 0 aromatic carbocycles. The van der Waals surface area contributed by atoms with Crippen molar-refractivity contribution in [3.63, 3.8) is 0 Å². The minimum atomic E-state index is -4.98. The van der Waals surface area contributed by atoms with Gasteiger partial charge >= 0.3 is 39.5 Å². The fraction of sp³-hybridized carbons (Fsp3) is 0.816. The molecule has 19 heteroatoms. The number of aliphatic hydroxyl groups is 1. The fourth-order valence-electron chi connectivity index (χ4n) is 12.1. The summed E-state index contributed by atoms with van der Waals surface area (Å²) in [5.74, 6) is -2.16. The molecule has 0 aliphatic heterocycles. The number of hydrogen-bond donors (Lipinski definition) is 3. The third-order valence-electron chi connectivity index (χ3n) is 18.7. The number of rotatable bonds is 82. The molecule has 17 nitrogen and oxygen atoms in total. The Morgan fingerprint density at radius 1 is 0.264 bits per heavy atom. The number of unbranched alkanes of at least 4 members (excludes halogenated alkanes) is 44. The van der Waals surface area contributed by atoms with Crippen molar-refractivity contribution in [2.24, 2.45) is 0 Å². The third-order valence-corrected chi connectivity index (χ3v) is 20.6. The van der Waals surface area contributed by atoms with Gasteiger partial charge in [0.15, 0.2) is 12.2 Å². The first-order valence-corrected chi connectivity index (χ1v) is 46.2. The van der Waals surface area contributed by atoms with Crippen LogP contribution in [0, 0.1) is 0 Å². The number of carbonyl (C=O) groups excluding carboxylic acids is 4. The molecule has 5 unspecified atom stereocenters. The molecule has 0 bridgehead atoms. The van der Waals surface area contributed by atoms with Crippen LogP contribution in [0.25, 0.3) is 0 Å². The Labute approximate surface area is 647 Å². The number of phosphoric ester groups is 2. The van der Waals surface area contributed by atoms with Gasteiger partial charge in [-0.05, 0) is 103 Å². The van der Waals surface area contributed by atoms with E-state index in [4.69, 9.17) is 37.0 Å². The summed E-state index contributed by atoms with van der Waals surface area (Å²) >= 11 is 0. The van der Waals surface area contributed by atoms with Gasteiger partial charge in [0.2, 0.25) is 0 Å². The van der Waals surface area contributed by atoms with E-state index < -0.39 is 97.5 Å². The molecule has 0 aromatic rings. The van der Waals surface area contributed by atoms with E-state index in [-0.39, 0.29) is 25.7 Å². The van der Waals surface area contributed by atoms with Gasteiger partial charge < -0.3 is 33.8 Å². The molecule has 618 valence electrons. The van der Waals surface area contributed by atoms with Crippen LogP contribution in [0.5, 0.6) is 0 Å². The second kappa shape index (κ2) is 79.6. The van der Waals surface area contributed by atoms with Crippen molar-refractivity contribution in [3.8, 4) is 0 Å². The second-order valence-electron chi connectivity index (χ2n) is 29.1. The first kappa shape index (κ1) is 102. The lowest BCUT2D eigenvalue weighted by molar-refractivity contribution is -0.161. The number of esters is 4. The van der Waals surface area contributed by atoms with Gasteiger partial charge in [0.05, 0.1) is 26.4 Å². The lowest BCUT2D eigenvalue weighted by Gasteiger charge is -2.21. The summed E-state index contributed by atoms with van der Waals surface area (Å²) in [6, 6.07) is 0. The number of phosphoric acid groups is 2. The highest BCUT2D eigenvalue weighted by Crippen LogP contribution is 2.45. The van der Waals surface area contributed by atoms with E-state index in [1.165, 1.54) is 161 Å². The molecule has 0 saturated heterocycles. The summed E-state index contributed by atoms with van der Waals surface area (Å²) in [5, 5.41) is 10.7. The summed E-state index contributed by atoms with van der Waals surface area (Å²) < 4.78 is 68.8. The Balaban J connectivity index is 5.35. The van der Waals surface area contributed by atoms with Crippen molar-refractivity contribution in [1.82, 2.24) is 0 Å². The van der Waals surface area contributed by atoms with Crippen molar-refractivity contribution in [2.75, 3.05) is 39.6 Å². The van der Waals surface area contributed by atoms with Crippen molar-refractivity contribution < 1.29 is 80.2 Å². The minimum absolute atomic E-state index is 0.0800. The Morgan fingerprint density at radius 2 is 0.462 bits per heavy atom. The van der Waals surface area contributed by atoms with E-state index in [1.54, 1.807) is 0 Å². The Kier molecular flexibility index (Phi) is 77.0. The largest absolute Gasteiger partial charge is 0.472 e. The molecular formula is C87H158O17P2. The van der Waals surface area contributed by atoms with Crippen molar-refractivity contribution in [1.29, 1.82) is 0 Å². The van der Waals surface area contributed by atoms with E-state index >= 15 is 0 Å². The maximum atomic E-state index is 13.1. The Morgan fingerprint density at radius 3 is 0.726 bits per heavy atom. The lowest BCUT2D eigenvalue weighted by Crippen LogP contribution is -2.30. The van der Waals surface area contributed by atoms with Gasteiger partial charge in [-0.15, -0.1) is 0 Å². The molecule has 0 aliphatic carbocycles. The minimum Gasteiger partial charge on any atom is -0.462 e. The first-order chi connectivity index (χ1) is 51.7. The summed E-state index contributed by atoms with van der Waals surface area (Å²) in [6.07, 6.45) is 82.8. The predicted octanol–water partition coefficient (Wildman–Crippen LogP) is 25.6. The number of allylic oxidation sites excluding steroid dienone is 12. The van der Waals surface area contributed by atoms with Gasteiger partial charge in [0.1, 0.15) is 19.3 Å². The molecule has 0 aliphatic rings. The van der Waals surface area contributed by atoms with Crippen LogP contribution in [-0.2, 0) is 65.4 Å². The Hall–Kier alpha value is -3.50. The second-order valence-corrected chi connectivity index (χ2v) is 32.0. The molecule has 106 heavy (non-hydrogen) atoms. The third kappa shape index (κ3) is 78.6. The first-order valence-electron chi connectivity index (χ1n) is 43.2. The van der Waals surface area contributed by atoms with E-state index in [2.05, 4.69) is 101 Å². The standard InChI is InChI=1S/C87H158O17P2/c1-5-9-13-17-21-25-29-33-36-38-40-42-45-49-52-56-60-64-68-72-85(90)98-78-83(104-87(92)74-70-66-62-58-54-50-46-43-41-39-37-34-30-26-22-18-14-10-6-2)80-102-106(95,96)100-76-81(88)75-99-105(93,94)101-79-82(103-86(91)73-69-65-61-57-53-47-32-28-24-20-16-12-8-4)77-97-84(89)71-67-63-59-55-51-48-44-35-31-27-23-19-15-11-7-3/h21-22,25-26,33-34,36-37,40-43,81-83,88H,5-20,23-24,27-32,35,38-39,44-80H2,1-4H3,(H,93,94)(H,95,96)/b25-21-,26-22-,36-33-,37-34-,42-40-,43-41-. The number of aliphatic hydroxyl groups excluding tert-OH is 1. The number of carbonyl (C=O) groups is 4. The zero-order valence-electron chi connectivity index (χ0n) is 67.9. The predicted molar refractivity (Wildman–Crippen MR) is 436 cm³/mol. The maximum Gasteiger partial charge on any atom is 0.472 e. The molecule has 0 rings (SSSR count). The fourth-order valence-corrected chi connectivity index (χ4v) is 13.6. The van der Waals surface area contributed by atoms with Gasteiger partial charge in [-0.3, -0.25) is 37.3 Å². The van der Waals surface area contributed by atoms with Gasteiger partial charge in [-0.25, -0.2) is 9.13 Å². The van der Waals surface area contributed by atoms with E-state index in [9.17, 15) is 43.2 Å². The van der Waals surface area contributed by atoms with Crippen LogP contribution in [0.4, 0.5) is 0 Å². The van der Waals surface area contributed by atoms with Crippen LogP contribution in [0.3, 0.4) is 0 Å². The van der Waals surface area contributed by atoms with Crippen LogP contribution in [-0.4, -0.2) is 96.7 Å². The molecule has 0 amide bonds. The molecule has 0 aromatic heterocycles. The topological polar surface area (TPSA) is 237 Å². The van der Waals surface area contributed by atoms with Gasteiger partial charge in [-0.1, -0.05) is 345 Å². The molecule has 3 N–H and O–H groups in total. The molecule has 0 radical (unpaired) electrons. The van der Waals surface area contributed by atoms with Crippen LogP contribution in [0.15, 0.2) is 72.9 Å². The van der Waals surface area contributed by atoms with Gasteiger partial charge in [0, 0.05) is 25.7 Å². The number of ether oxygens (including phenoxy) is 4. The lowest BCUT2D eigenvalue weighted by atomic mass is 10.0. The molecule has 0 saturated carbocycles. The van der Waals surface area contributed by atoms with Crippen molar-refractivity contribution >= 4 is 39.5 Å². The normalized spacial score (nSPS) is 14.1. The van der Waals surface area contributed by atoms with Crippen LogP contribution >= 0.6 is 15.6 Å². The SMILES string of the molecule is CCCCC/C=C\C/C=C\C/C=C\CCCCCCCCC(=O)OCC(COP(=O)(O)OCC(O)COP(=O)(O)OCC(COC(=O)CCCCCCCCCCCCCCCCC)OC(=O)CCCCCCCCCCCCCCC)OC(=O)CCCCCCCC/C=C\C/C=C\C/C=C\CCCCC. The number of hydrogen-bond acceptors (Lipinski definition) is 15. The molecule has 5 atom stereocenters. The zero-order chi connectivity index (χ0) is 77.4. The maximum absolute atomic E-state index is 13.1. The quantitative estimate of drug-likeness (QED) is 0.0169. The van der Waals surface area contributed by atoms with E-state index in [1.807, 2.05) is 0 Å². The average molecular weight is 1540 g/mol. The smallest absolute Gasteiger partial charge is 0.462 e. The highest BCUT2D eigenvalue weighted by atomic mass is 31.2. The highest BCUT2D eigenvalue weighted by molar-refractivity contribution is 7.47. The van der Waals surface area contributed by atoms with Crippen LogP contribution in [0.2, 0.25) is 0 Å². The Bertz CT molecular complexity index is 2280. The van der Waals surface area contributed by atoms with Crippen molar-refractivity contribution in [3.05, 3.63) is 72.9 Å². The summed E-state index contributed by atoms with van der Waals surface area (Å²) in [4.78, 5) is 73.2. The highest BCUT2D eigenvalue weighted by Gasteiger charge is 2.30. The summed E-state index contributed by atoms with van der Waals surface area (Å²) in [6.45, 7) is 4.89. The average Bonchev–Trinajstić information content (AvgIpc) is 0.903. The zero-order valence-corrected chi connectivity index (χ0v) is 69.7. The van der Waals surface area contributed by atoms with Crippen molar-refractivity contribution in [2.45, 2.75) is 418 Å². The van der Waals surface area contributed by atoms with Gasteiger partial charge in [0.25, 0.3) is 0 Å². The van der Waals surface area contributed by atoms with Gasteiger partial charge in [-0.2, -0.15) is 0 Å². The monoisotopic (exact) mass is 1540 g/mol. The summed E-state index contributed by atoms with van der Waals surface area (Å²) in [5.41, 5.74) is 0. The molecule has 0 fully saturated rings. The van der Waals surface area contributed by atoms with Crippen LogP contribution < -0.4 is 0 Å². The van der Waals surface area contributed by atoms with Crippen LogP contribution in [0.1, 0.15) is 400 Å². The summed E-state index contributed by atoms with van der Waals surface area (Å²) in [7, 11) is -9.96. The molecule has 0 heterocycles. The molecule has 0 spiro atoms. The molecular weight excluding hydrogens is 1380 g/mol. The van der Waals surface area contributed by atoms with E-state index in [0.29, 0.717) is 25.7 Å².